The van der Waals surface area contributed by atoms with Crippen molar-refractivity contribution in [3.8, 4) is 0 Å². The predicted molar refractivity (Wildman–Crippen MR) is 131 cm³/mol. The van der Waals surface area contributed by atoms with E-state index in [2.05, 4.69) is 13.2 Å². The lowest BCUT2D eigenvalue weighted by Crippen LogP contribution is -2.23. The Balaban J connectivity index is 1.62. The van der Waals surface area contributed by atoms with Crippen molar-refractivity contribution in [3.05, 3.63) is 58.2 Å². The molecule has 0 aliphatic carbocycles. The molecule has 2 N–H and O–H groups in total. The smallest absolute Gasteiger partial charge is 0.266 e. The van der Waals surface area contributed by atoms with E-state index in [1.54, 1.807) is 12.5 Å². The molecule has 2 aliphatic rings. The topological polar surface area (TPSA) is 83.0 Å². The highest BCUT2D eigenvalue weighted by molar-refractivity contribution is 14.2. The van der Waals surface area contributed by atoms with Gasteiger partial charge in [0.15, 0.2) is 5.82 Å². The summed E-state index contributed by atoms with van der Waals surface area (Å²) < 4.78 is 65.6. The van der Waals surface area contributed by atoms with Gasteiger partial charge in [0.25, 0.3) is 10.0 Å². The summed E-state index contributed by atoms with van der Waals surface area (Å²) in [4.78, 5) is 1.38. The first-order valence-electron chi connectivity index (χ1n) is 9.34. The molecule has 0 bridgehead atoms. The standard InChI is InChI=1S/C19H18ClF2IN4O3S2/c1-30-12-4-5-27(9-12)17-6-11(21)2-3-15(17)24-16-8-14(22)18(7-13(16)20)32(28,29)26-19-10-31-23-25-19/h2-3,6-8,10,12,24,26H,4-5,9H2,1H3. The summed E-state index contributed by atoms with van der Waals surface area (Å²) in [5.41, 5.74) is 1.24. The summed E-state index contributed by atoms with van der Waals surface area (Å²) in [7, 11) is -1.13. The Kier molecular flexibility index (Phi) is 7.24. The Morgan fingerprint density at radius 3 is 2.78 bits per heavy atom. The van der Waals surface area contributed by atoms with Crippen LogP contribution >= 0.6 is 40.2 Å². The van der Waals surface area contributed by atoms with Gasteiger partial charge in [-0.05, 0) is 39.6 Å². The van der Waals surface area contributed by atoms with Crippen LogP contribution in [0.1, 0.15) is 6.42 Å². The molecule has 2 heterocycles. The molecule has 1 unspecified atom stereocenters. The van der Waals surface area contributed by atoms with Crippen LogP contribution < -0.4 is 14.9 Å². The molecule has 0 aromatic heterocycles. The van der Waals surface area contributed by atoms with E-state index in [0.717, 1.165) is 18.6 Å². The molecule has 2 aliphatic heterocycles. The monoisotopic (exact) mass is 614 g/mol. The lowest BCUT2D eigenvalue weighted by atomic mass is 10.2. The van der Waals surface area contributed by atoms with Gasteiger partial charge in [0.1, 0.15) is 16.5 Å². The molecule has 0 spiro atoms. The largest absolute Gasteiger partial charge is 0.380 e. The number of hydrogen-bond donors (Lipinski definition) is 2. The number of benzene rings is 2. The number of sulfonamides is 1. The van der Waals surface area contributed by atoms with Gasteiger partial charge in [-0.2, -0.15) is 3.15 Å². The van der Waals surface area contributed by atoms with Gasteiger partial charge in [-0.15, -0.1) is 0 Å². The summed E-state index contributed by atoms with van der Waals surface area (Å²) in [6.07, 6.45) is 0.830. The summed E-state index contributed by atoms with van der Waals surface area (Å²) in [5.74, 6) is -1.20. The second-order valence-electron chi connectivity index (χ2n) is 6.99. The minimum atomic E-state index is -4.19. The summed E-state index contributed by atoms with van der Waals surface area (Å²) in [6.45, 7) is 1.25. The zero-order valence-corrected chi connectivity index (χ0v) is 21.2. The summed E-state index contributed by atoms with van der Waals surface area (Å²) >= 11 is 5.77. The predicted octanol–water partition coefficient (Wildman–Crippen LogP) is 5.48. The van der Waals surface area contributed by atoms with Crippen molar-refractivity contribution in [2.45, 2.75) is 17.4 Å². The van der Waals surface area contributed by atoms with Crippen molar-refractivity contribution in [2.24, 2.45) is 3.15 Å². The molecule has 2 aromatic rings. The number of ether oxygens (including phenoxy) is 1. The lowest BCUT2D eigenvalue weighted by molar-refractivity contribution is 0.121. The fourth-order valence-electron chi connectivity index (χ4n) is 3.36. The number of nitrogens with one attached hydrogen (secondary N) is 2. The Morgan fingerprint density at radius 2 is 2.09 bits per heavy atom. The lowest BCUT2D eigenvalue weighted by Gasteiger charge is -2.23. The SMILES string of the molecule is COC1CCN(c2cc(F)ccc2Nc2cc(F)c(S(=O)(=O)NC3=CSI=N3)cc2Cl)C1. The van der Waals surface area contributed by atoms with E-state index in [-0.39, 0.29) is 22.6 Å². The molecule has 4 rings (SSSR count). The molecule has 0 amide bonds. The molecular formula is C19H18ClF2IN4O3S2. The molecule has 13 heteroatoms. The van der Waals surface area contributed by atoms with Crippen molar-refractivity contribution in [2.75, 3.05) is 30.4 Å². The number of nitrogens with zero attached hydrogens (tertiary/aromatic N) is 2. The first-order valence-corrected chi connectivity index (χ1v) is 15.6. The van der Waals surface area contributed by atoms with Gasteiger partial charge in [0.05, 0.1) is 47.8 Å². The maximum Gasteiger partial charge on any atom is 0.266 e. The maximum absolute atomic E-state index is 14.8. The second kappa shape index (κ2) is 9.79. The molecule has 2 aromatic carbocycles. The van der Waals surface area contributed by atoms with Gasteiger partial charge in [0, 0.05) is 31.7 Å². The fraction of sp³-hybridized carbons (Fsp3) is 0.263. The highest BCUT2D eigenvalue weighted by atomic mass is 127. The Morgan fingerprint density at radius 1 is 1.28 bits per heavy atom. The van der Waals surface area contributed by atoms with Crippen molar-refractivity contribution in [1.82, 2.24) is 4.72 Å². The van der Waals surface area contributed by atoms with E-state index < -0.39 is 46.2 Å². The van der Waals surface area contributed by atoms with Gasteiger partial charge in [-0.1, -0.05) is 11.6 Å². The molecule has 1 atom stereocenters. The van der Waals surface area contributed by atoms with Crippen LogP contribution in [0.2, 0.25) is 5.02 Å². The van der Waals surface area contributed by atoms with E-state index >= 15 is 0 Å². The normalized spacial score (nSPS) is 18.4. The molecule has 7 nitrogen and oxygen atoms in total. The van der Waals surface area contributed by atoms with Crippen molar-refractivity contribution in [3.63, 3.8) is 0 Å². The molecule has 32 heavy (non-hydrogen) atoms. The third kappa shape index (κ3) is 5.19. The summed E-state index contributed by atoms with van der Waals surface area (Å²) in [6, 6.07) is 6.24. The quantitative estimate of drug-likeness (QED) is 0.402. The number of methoxy groups -OCH3 is 1. The second-order valence-corrected chi connectivity index (χ2v) is 12.8. The van der Waals surface area contributed by atoms with Crippen LogP contribution in [0.25, 0.3) is 0 Å². The van der Waals surface area contributed by atoms with E-state index in [9.17, 15) is 17.2 Å². The number of anilines is 3. The first-order chi connectivity index (χ1) is 15.3. The van der Waals surface area contributed by atoms with Gasteiger partial charge in [0.2, 0.25) is 0 Å². The average molecular weight is 615 g/mol. The zero-order chi connectivity index (χ0) is 22.9. The highest BCUT2D eigenvalue weighted by Crippen LogP contribution is 2.37. The molecule has 172 valence electrons. The van der Waals surface area contributed by atoms with E-state index in [1.165, 1.54) is 27.1 Å². The van der Waals surface area contributed by atoms with Crippen LogP contribution in [0.3, 0.4) is 0 Å². The van der Waals surface area contributed by atoms with Crippen LogP contribution in [0, 0.1) is 11.6 Å². The third-order valence-electron chi connectivity index (χ3n) is 4.92. The Hall–Kier alpha value is -1.48. The molecule has 1 saturated heterocycles. The highest BCUT2D eigenvalue weighted by Gasteiger charge is 2.26. The fourth-order valence-corrected chi connectivity index (χ4v) is 7.79. The third-order valence-corrected chi connectivity index (χ3v) is 9.62. The van der Waals surface area contributed by atoms with Crippen molar-refractivity contribution < 1.29 is 21.9 Å². The van der Waals surface area contributed by atoms with Crippen LogP contribution in [0.5, 0.6) is 0 Å². The Labute approximate surface area is 202 Å². The van der Waals surface area contributed by atoms with E-state index in [4.69, 9.17) is 16.3 Å². The van der Waals surface area contributed by atoms with Crippen LogP contribution in [0.15, 0.2) is 49.6 Å². The molecular weight excluding hydrogens is 597 g/mol. The zero-order valence-electron chi connectivity index (χ0n) is 16.6. The number of rotatable bonds is 7. The molecule has 0 saturated carbocycles. The van der Waals surface area contributed by atoms with Gasteiger partial charge >= 0.3 is 0 Å². The van der Waals surface area contributed by atoms with E-state index in [0.29, 0.717) is 24.5 Å². The first kappa shape index (κ1) is 23.7. The maximum atomic E-state index is 14.8. The average Bonchev–Trinajstić information content (AvgIpc) is 3.43. The van der Waals surface area contributed by atoms with Crippen LogP contribution in [-0.4, -0.2) is 34.7 Å². The van der Waals surface area contributed by atoms with E-state index in [1.807, 2.05) is 4.90 Å². The minimum Gasteiger partial charge on any atom is -0.380 e. The van der Waals surface area contributed by atoms with Gasteiger partial charge in [-0.25, -0.2) is 17.2 Å². The Bertz CT molecular complexity index is 1210. The number of halogens is 4. The van der Waals surface area contributed by atoms with Gasteiger partial charge in [-0.3, -0.25) is 4.72 Å². The van der Waals surface area contributed by atoms with Crippen molar-refractivity contribution in [1.29, 1.82) is 0 Å². The van der Waals surface area contributed by atoms with Crippen LogP contribution in [-0.2, 0) is 14.8 Å². The van der Waals surface area contributed by atoms with Crippen LogP contribution in [0.4, 0.5) is 25.8 Å². The molecule has 1 fully saturated rings. The minimum absolute atomic E-state index is 0.00243. The molecule has 0 radical (unpaired) electrons. The van der Waals surface area contributed by atoms with Gasteiger partial charge < -0.3 is 15.0 Å². The summed E-state index contributed by atoms with van der Waals surface area (Å²) in [5, 5.41) is 4.59. The number of hydrogen-bond acceptors (Lipinski definition) is 7. The van der Waals surface area contributed by atoms with Crippen molar-refractivity contribution >= 4 is 67.3 Å².